The lowest BCUT2D eigenvalue weighted by molar-refractivity contribution is 0.131. The minimum absolute atomic E-state index is 0.224. The van der Waals surface area contributed by atoms with E-state index in [-0.39, 0.29) is 5.60 Å². The molecular formula is C15H17N3O. The van der Waals surface area contributed by atoms with E-state index in [9.17, 15) is 0 Å². The fourth-order valence-corrected chi connectivity index (χ4v) is 1.84. The molecule has 0 saturated heterocycles. The van der Waals surface area contributed by atoms with E-state index in [1.807, 2.05) is 45.0 Å². The van der Waals surface area contributed by atoms with Gasteiger partial charge >= 0.3 is 0 Å². The number of benzene rings is 1. The fraction of sp³-hybridized carbons (Fsp3) is 0.267. The zero-order valence-corrected chi connectivity index (χ0v) is 11.3. The Morgan fingerprint density at radius 1 is 1.21 bits per heavy atom. The van der Waals surface area contributed by atoms with Gasteiger partial charge in [0.05, 0.1) is 0 Å². The number of aromatic nitrogens is 1. The summed E-state index contributed by atoms with van der Waals surface area (Å²) in [6.07, 6.45) is 1.74. The summed E-state index contributed by atoms with van der Waals surface area (Å²) in [5.41, 5.74) is 7.70. The van der Waals surface area contributed by atoms with E-state index in [1.54, 1.807) is 6.20 Å². The number of rotatable bonds is 2. The lowest BCUT2D eigenvalue weighted by Crippen LogP contribution is -2.22. The summed E-state index contributed by atoms with van der Waals surface area (Å²) in [6.45, 7) is 6.00. The molecule has 0 aliphatic rings. The lowest BCUT2D eigenvalue weighted by atomic mass is 10.0. The quantitative estimate of drug-likeness (QED) is 0.864. The standard InChI is InChI=1S/C15H17N3O/c1-15(2,3)19-11-6-4-10(5-7-11)13-9-18-14(17)12(13)8-16/h4-7,9,18H,17H2,1-3H3. The van der Waals surface area contributed by atoms with Crippen molar-refractivity contribution in [3.63, 3.8) is 0 Å². The van der Waals surface area contributed by atoms with Crippen molar-refractivity contribution >= 4 is 5.82 Å². The first-order valence-electron chi connectivity index (χ1n) is 6.07. The van der Waals surface area contributed by atoms with E-state index < -0.39 is 0 Å². The highest BCUT2D eigenvalue weighted by Crippen LogP contribution is 2.29. The molecule has 0 unspecified atom stereocenters. The van der Waals surface area contributed by atoms with Gasteiger partial charge in [0.2, 0.25) is 0 Å². The smallest absolute Gasteiger partial charge is 0.120 e. The number of H-pyrrole nitrogens is 1. The number of ether oxygens (including phenoxy) is 1. The summed E-state index contributed by atoms with van der Waals surface area (Å²) in [4.78, 5) is 2.86. The Kier molecular flexibility index (Phi) is 3.22. The number of anilines is 1. The van der Waals surface area contributed by atoms with Crippen LogP contribution >= 0.6 is 0 Å². The van der Waals surface area contributed by atoms with Gasteiger partial charge in [-0.2, -0.15) is 5.26 Å². The van der Waals surface area contributed by atoms with E-state index >= 15 is 0 Å². The average molecular weight is 255 g/mol. The normalized spacial score (nSPS) is 11.1. The second kappa shape index (κ2) is 4.69. The molecule has 19 heavy (non-hydrogen) atoms. The van der Waals surface area contributed by atoms with E-state index in [0.717, 1.165) is 16.9 Å². The first kappa shape index (κ1) is 13.0. The number of nitrogen functional groups attached to an aromatic ring is 1. The highest BCUT2D eigenvalue weighted by molar-refractivity contribution is 5.76. The predicted molar refractivity (Wildman–Crippen MR) is 75.7 cm³/mol. The number of aromatic amines is 1. The molecule has 98 valence electrons. The van der Waals surface area contributed by atoms with Gasteiger partial charge in [-0.15, -0.1) is 0 Å². The maximum absolute atomic E-state index is 9.08. The van der Waals surface area contributed by atoms with Gasteiger partial charge in [-0.3, -0.25) is 0 Å². The number of hydrogen-bond donors (Lipinski definition) is 2. The third kappa shape index (κ3) is 2.89. The number of nitriles is 1. The van der Waals surface area contributed by atoms with Gasteiger partial charge in [0, 0.05) is 11.8 Å². The maximum Gasteiger partial charge on any atom is 0.120 e. The summed E-state index contributed by atoms with van der Waals surface area (Å²) in [6, 6.07) is 9.74. The van der Waals surface area contributed by atoms with Crippen molar-refractivity contribution in [3.8, 4) is 22.9 Å². The van der Waals surface area contributed by atoms with Crippen LogP contribution in [0.3, 0.4) is 0 Å². The second-order valence-corrected chi connectivity index (χ2v) is 5.34. The summed E-state index contributed by atoms with van der Waals surface area (Å²) in [5.74, 6) is 1.20. The summed E-state index contributed by atoms with van der Waals surface area (Å²) in [5, 5.41) is 9.08. The minimum Gasteiger partial charge on any atom is -0.488 e. The third-order valence-electron chi connectivity index (χ3n) is 2.61. The van der Waals surface area contributed by atoms with Crippen LogP contribution in [0.1, 0.15) is 26.3 Å². The van der Waals surface area contributed by atoms with Gasteiger partial charge in [0.25, 0.3) is 0 Å². The summed E-state index contributed by atoms with van der Waals surface area (Å²) in [7, 11) is 0. The van der Waals surface area contributed by atoms with Crippen LogP contribution in [-0.4, -0.2) is 10.6 Å². The Morgan fingerprint density at radius 3 is 2.37 bits per heavy atom. The summed E-state index contributed by atoms with van der Waals surface area (Å²) < 4.78 is 5.76. The largest absolute Gasteiger partial charge is 0.488 e. The number of nitrogens with zero attached hydrogens (tertiary/aromatic N) is 1. The Balaban J connectivity index is 2.31. The Bertz CT molecular complexity index is 612. The molecule has 0 fully saturated rings. The van der Waals surface area contributed by atoms with Crippen molar-refractivity contribution in [1.82, 2.24) is 4.98 Å². The molecule has 1 aromatic heterocycles. The number of nitrogens with one attached hydrogen (secondary N) is 1. The van der Waals surface area contributed by atoms with Crippen LogP contribution in [0.4, 0.5) is 5.82 Å². The van der Waals surface area contributed by atoms with Crippen molar-refractivity contribution in [3.05, 3.63) is 36.0 Å². The maximum atomic E-state index is 9.08. The number of hydrogen-bond acceptors (Lipinski definition) is 3. The van der Waals surface area contributed by atoms with Crippen molar-refractivity contribution in [2.45, 2.75) is 26.4 Å². The van der Waals surface area contributed by atoms with Crippen LogP contribution < -0.4 is 10.5 Å². The molecule has 4 nitrogen and oxygen atoms in total. The van der Waals surface area contributed by atoms with Gasteiger partial charge in [-0.25, -0.2) is 0 Å². The van der Waals surface area contributed by atoms with Crippen LogP contribution in [0.25, 0.3) is 11.1 Å². The molecule has 1 aromatic carbocycles. The van der Waals surface area contributed by atoms with Gasteiger partial charge in [0.1, 0.15) is 28.8 Å². The monoisotopic (exact) mass is 255 g/mol. The highest BCUT2D eigenvalue weighted by atomic mass is 16.5. The zero-order chi connectivity index (χ0) is 14.0. The van der Waals surface area contributed by atoms with Gasteiger partial charge in [-0.05, 0) is 38.5 Å². The van der Waals surface area contributed by atoms with E-state index in [2.05, 4.69) is 11.1 Å². The first-order valence-corrected chi connectivity index (χ1v) is 6.07. The Hall–Kier alpha value is -2.41. The predicted octanol–water partition coefficient (Wildman–Crippen LogP) is 3.31. The Morgan fingerprint density at radius 2 is 1.84 bits per heavy atom. The van der Waals surface area contributed by atoms with Gasteiger partial charge < -0.3 is 15.5 Å². The van der Waals surface area contributed by atoms with E-state index in [0.29, 0.717) is 11.4 Å². The molecule has 3 N–H and O–H groups in total. The molecular weight excluding hydrogens is 238 g/mol. The average Bonchev–Trinajstić information content (AvgIpc) is 2.69. The molecule has 2 aromatic rings. The highest BCUT2D eigenvalue weighted by Gasteiger charge is 2.13. The van der Waals surface area contributed by atoms with Crippen LogP contribution in [0.2, 0.25) is 0 Å². The van der Waals surface area contributed by atoms with Crippen LogP contribution in [0.5, 0.6) is 5.75 Å². The molecule has 0 radical (unpaired) electrons. The molecule has 4 heteroatoms. The molecule has 2 rings (SSSR count). The van der Waals surface area contributed by atoms with Gasteiger partial charge in [0.15, 0.2) is 0 Å². The van der Waals surface area contributed by atoms with Crippen LogP contribution in [0.15, 0.2) is 30.5 Å². The molecule has 0 amide bonds. The van der Waals surface area contributed by atoms with Crippen molar-refractivity contribution in [2.75, 3.05) is 5.73 Å². The Labute approximate surface area is 112 Å². The van der Waals surface area contributed by atoms with E-state index in [4.69, 9.17) is 15.7 Å². The SMILES string of the molecule is CC(C)(C)Oc1ccc(-c2c[nH]c(N)c2C#N)cc1. The van der Waals surface area contributed by atoms with Crippen LogP contribution in [0, 0.1) is 11.3 Å². The molecule has 0 bridgehead atoms. The van der Waals surface area contributed by atoms with Crippen molar-refractivity contribution < 1.29 is 4.74 Å². The molecule has 0 aliphatic heterocycles. The molecule has 1 heterocycles. The van der Waals surface area contributed by atoms with Gasteiger partial charge in [-0.1, -0.05) is 12.1 Å². The van der Waals surface area contributed by atoms with Crippen molar-refractivity contribution in [1.29, 1.82) is 5.26 Å². The summed E-state index contributed by atoms with van der Waals surface area (Å²) >= 11 is 0. The number of nitrogens with two attached hydrogens (primary N) is 1. The molecule has 0 spiro atoms. The molecule has 0 aliphatic carbocycles. The first-order chi connectivity index (χ1) is 8.90. The fourth-order valence-electron chi connectivity index (χ4n) is 1.84. The third-order valence-corrected chi connectivity index (χ3v) is 2.61. The zero-order valence-electron chi connectivity index (χ0n) is 11.3. The van der Waals surface area contributed by atoms with Crippen molar-refractivity contribution in [2.24, 2.45) is 0 Å². The second-order valence-electron chi connectivity index (χ2n) is 5.34. The lowest BCUT2D eigenvalue weighted by Gasteiger charge is -2.21. The minimum atomic E-state index is -0.224. The molecule has 0 atom stereocenters. The van der Waals surface area contributed by atoms with E-state index in [1.165, 1.54) is 0 Å². The topological polar surface area (TPSA) is 74.8 Å². The molecule has 0 saturated carbocycles. The van der Waals surface area contributed by atoms with Crippen LogP contribution in [-0.2, 0) is 0 Å².